The summed E-state index contributed by atoms with van der Waals surface area (Å²) in [6.07, 6.45) is 4.65. The summed E-state index contributed by atoms with van der Waals surface area (Å²) in [5.41, 5.74) is 7.79. The van der Waals surface area contributed by atoms with Gasteiger partial charge >= 0.3 is 0 Å². The minimum absolute atomic E-state index is 0.470. The molecule has 0 aromatic carbocycles. The van der Waals surface area contributed by atoms with Crippen molar-refractivity contribution in [1.29, 1.82) is 0 Å². The summed E-state index contributed by atoms with van der Waals surface area (Å²) in [6, 6.07) is 2.04. The Bertz CT molecular complexity index is 603. The van der Waals surface area contributed by atoms with E-state index in [0.717, 1.165) is 34.2 Å². The molecule has 0 saturated carbocycles. The summed E-state index contributed by atoms with van der Waals surface area (Å²) in [5.74, 6) is 1.79. The lowest BCUT2D eigenvalue weighted by molar-refractivity contribution is 0.303. The molecule has 0 amide bonds. The van der Waals surface area contributed by atoms with Crippen LogP contribution in [-0.4, -0.2) is 27.6 Å². The zero-order valence-electron chi connectivity index (χ0n) is 12.9. The summed E-state index contributed by atoms with van der Waals surface area (Å²) >= 11 is 1.95. The van der Waals surface area contributed by atoms with Crippen molar-refractivity contribution in [1.82, 2.24) is 9.97 Å². The first-order valence-electron chi connectivity index (χ1n) is 7.34. The number of rotatable bonds is 7. The fourth-order valence-electron chi connectivity index (χ4n) is 2.24. The summed E-state index contributed by atoms with van der Waals surface area (Å²) in [4.78, 5) is 8.75. The Morgan fingerprint density at radius 1 is 1.29 bits per heavy atom. The lowest BCUT2D eigenvalue weighted by atomic mass is 10.1. The molecule has 1 atom stereocenters. The van der Waals surface area contributed by atoms with Crippen molar-refractivity contribution in [3.63, 3.8) is 0 Å². The van der Waals surface area contributed by atoms with Crippen LogP contribution in [0.25, 0.3) is 10.8 Å². The molecule has 21 heavy (non-hydrogen) atoms. The molecule has 0 fully saturated rings. The van der Waals surface area contributed by atoms with E-state index >= 15 is 0 Å². The van der Waals surface area contributed by atoms with E-state index in [1.807, 2.05) is 30.9 Å². The van der Waals surface area contributed by atoms with Crippen molar-refractivity contribution < 1.29 is 4.74 Å². The summed E-state index contributed by atoms with van der Waals surface area (Å²) in [5, 5.41) is 2.63. The highest BCUT2D eigenvalue weighted by molar-refractivity contribution is 7.99. The lowest BCUT2D eigenvalue weighted by Gasteiger charge is -2.13. The van der Waals surface area contributed by atoms with Crippen LogP contribution in [0.5, 0.6) is 5.88 Å². The largest absolute Gasteiger partial charge is 0.477 e. The molecule has 2 aromatic rings. The van der Waals surface area contributed by atoms with Crippen LogP contribution < -0.4 is 10.5 Å². The number of aryl methyl sites for hydroxylation is 1. The number of thioether (sulfide) groups is 1. The highest BCUT2D eigenvalue weighted by Gasteiger charge is 2.10. The van der Waals surface area contributed by atoms with Crippen molar-refractivity contribution in [2.75, 3.05) is 12.4 Å². The molecule has 0 aliphatic rings. The van der Waals surface area contributed by atoms with Crippen LogP contribution in [0.15, 0.2) is 18.5 Å². The van der Waals surface area contributed by atoms with E-state index in [9.17, 15) is 0 Å². The van der Waals surface area contributed by atoms with Gasteiger partial charge in [0.1, 0.15) is 0 Å². The van der Waals surface area contributed by atoms with Gasteiger partial charge in [0.05, 0.1) is 12.0 Å². The van der Waals surface area contributed by atoms with Gasteiger partial charge in [0.25, 0.3) is 0 Å². The van der Waals surface area contributed by atoms with Crippen LogP contribution in [0.3, 0.4) is 0 Å². The third-order valence-electron chi connectivity index (χ3n) is 3.39. The molecule has 0 aliphatic heterocycles. The van der Waals surface area contributed by atoms with Crippen LogP contribution >= 0.6 is 11.8 Å². The molecule has 114 valence electrons. The highest BCUT2D eigenvalue weighted by atomic mass is 32.2. The Kier molecular flexibility index (Phi) is 5.82. The fourth-order valence-corrected chi connectivity index (χ4v) is 3.07. The van der Waals surface area contributed by atoms with E-state index in [-0.39, 0.29) is 0 Å². The molecular weight excluding hydrogens is 282 g/mol. The number of hydrogen-bond acceptors (Lipinski definition) is 5. The molecule has 4 nitrogen and oxygen atoms in total. The third-order valence-corrected chi connectivity index (χ3v) is 4.53. The van der Waals surface area contributed by atoms with Gasteiger partial charge in [-0.15, -0.1) is 0 Å². The Morgan fingerprint density at radius 3 is 2.81 bits per heavy atom. The summed E-state index contributed by atoms with van der Waals surface area (Å²) < 4.78 is 5.87. The standard InChI is InChI=1S/C16H23N3OS/c1-4-21-12(3)5-6-20-16-15-10-18-11(2)7-14(15)13(8-17)9-19-16/h7,9-10,12H,4-6,8,17H2,1-3H3. The first-order chi connectivity index (χ1) is 10.2. The Hall–Kier alpha value is -1.33. The number of fused-ring (bicyclic) bond motifs is 1. The second-order valence-electron chi connectivity index (χ2n) is 5.07. The quantitative estimate of drug-likeness (QED) is 0.850. The lowest BCUT2D eigenvalue weighted by Crippen LogP contribution is -2.08. The molecule has 0 radical (unpaired) electrons. The van der Waals surface area contributed by atoms with Gasteiger partial charge in [0.2, 0.25) is 5.88 Å². The van der Waals surface area contributed by atoms with Gasteiger partial charge < -0.3 is 10.5 Å². The van der Waals surface area contributed by atoms with E-state index in [0.29, 0.717) is 24.3 Å². The van der Waals surface area contributed by atoms with Gasteiger partial charge in [-0.25, -0.2) is 4.98 Å². The molecule has 5 heteroatoms. The van der Waals surface area contributed by atoms with Crippen LogP contribution in [0.2, 0.25) is 0 Å². The zero-order chi connectivity index (χ0) is 15.2. The molecule has 2 N–H and O–H groups in total. The average Bonchev–Trinajstić information content (AvgIpc) is 2.47. The van der Waals surface area contributed by atoms with E-state index in [1.54, 1.807) is 6.20 Å². The molecule has 1 unspecified atom stereocenters. The molecule has 0 spiro atoms. The van der Waals surface area contributed by atoms with Gasteiger partial charge in [-0.05, 0) is 36.1 Å². The number of aromatic nitrogens is 2. The molecule has 0 aliphatic carbocycles. The SMILES string of the molecule is CCSC(C)CCOc1ncc(CN)c2cc(C)ncc12. The number of pyridine rings is 2. The van der Waals surface area contributed by atoms with Crippen LogP contribution in [0, 0.1) is 6.92 Å². The average molecular weight is 305 g/mol. The smallest absolute Gasteiger partial charge is 0.222 e. The predicted molar refractivity (Wildman–Crippen MR) is 89.9 cm³/mol. The Labute approximate surface area is 130 Å². The fraction of sp³-hybridized carbons (Fsp3) is 0.500. The van der Waals surface area contributed by atoms with Gasteiger partial charge in [0.15, 0.2) is 0 Å². The van der Waals surface area contributed by atoms with Gasteiger partial charge in [0, 0.05) is 29.9 Å². The van der Waals surface area contributed by atoms with Gasteiger partial charge in [-0.2, -0.15) is 11.8 Å². The highest BCUT2D eigenvalue weighted by Crippen LogP contribution is 2.26. The van der Waals surface area contributed by atoms with Crippen LogP contribution in [0.4, 0.5) is 0 Å². The first-order valence-corrected chi connectivity index (χ1v) is 8.39. The monoisotopic (exact) mass is 305 g/mol. The summed E-state index contributed by atoms with van der Waals surface area (Å²) in [6.45, 7) is 7.52. The predicted octanol–water partition coefficient (Wildman–Crippen LogP) is 3.31. The second-order valence-corrected chi connectivity index (χ2v) is 6.78. The van der Waals surface area contributed by atoms with E-state index in [1.165, 1.54) is 0 Å². The Morgan fingerprint density at radius 2 is 2.10 bits per heavy atom. The van der Waals surface area contributed by atoms with Crippen LogP contribution in [-0.2, 0) is 6.54 Å². The summed E-state index contributed by atoms with van der Waals surface area (Å²) in [7, 11) is 0. The van der Waals surface area contributed by atoms with Crippen molar-refractivity contribution >= 4 is 22.5 Å². The van der Waals surface area contributed by atoms with Crippen molar-refractivity contribution in [3.05, 3.63) is 29.7 Å². The second kappa shape index (κ2) is 7.61. The van der Waals surface area contributed by atoms with Crippen molar-refractivity contribution in [2.45, 2.75) is 39.0 Å². The molecule has 2 aromatic heterocycles. The number of nitrogens with zero attached hydrogens (tertiary/aromatic N) is 2. The topological polar surface area (TPSA) is 61.0 Å². The van der Waals surface area contributed by atoms with Gasteiger partial charge in [-0.3, -0.25) is 4.98 Å². The van der Waals surface area contributed by atoms with E-state index in [2.05, 4.69) is 23.8 Å². The minimum atomic E-state index is 0.470. The normalized spacial score (nSPS) is 12.6. The minimum Gasteiger partial charge on any atom is -0.477 e. The number of nitrogens with two attached hydrogens (primary N) is 1. The third kappa shape index (κ3) is 4.08. The zero-order valence-corrected chi connectivity index (χ0v) is 13.7. The molecule has 0 saturated heterocycles. The molecule has 0 bridgehead atoms. The van der Waals surface area contributed by atoms with E-state index in [4.69, 9.17) is 10.5 Å². The molecule has 2 rings (SSSR count). The Balaban J connectivity index is 2.17. The maximum atomic E-state index is 5.87. The van der Waals surface area contributed by atoms with Crippen molar-refractivity contribution in [3.8, 4) is 5.88 Å². The molecular formula is C16H23N3OS. The molecule has 2 heterocycles. The van der Waals surface area contributed by atoms with Crippen molar-refractivity contribution in [2.24, 2.45) is 5.73 Å². The van der Waals surface area contributed by atoms with E-state index < -0.39 is 0 Å². The number of ether oxygens (including phenoxy) is 1. The van der Waals surface area contributed by atoms with Gasteiger partial charge in [-0.1, -0.05) is 13.8 Å². The maximum absolute atomic E-state index is 5.87. The number of hydrogen-bond donors (Lipinski definition) is 1. The van der Waals surface area contributed by atoms with Crippen LogP contribution in [0.1, 0.15) is 31.5 Å². The maximum Gasteiger partial charge on any atom is 0.222 e. The first kappa shape index (κ1) is 16.0.